The minimum absolute atomic E-state index is 0.0129. The highest BCUT2D eigenvalue weighted by atomic mass is 16.5. The van der Waals surface area contributed by atoms with Crippen LogP contribution in [0.3, 0.4) is 0 Å². The Bertz CT molecular complexity index is 798. The van der Waals surface area contributed by atoms with Crippen LogP contribution in [0.1, 0.15) is 17.2 Å². The molecule has 4 rings (SSSR count). The Morgan fingerprint density at radius 3 is 2.62 bits per heavy atom. The van der Waals surface area contributed by atoms with Crippen LogP contribution in [0.25, 0.3) is 5.70 Å². The molecule has 1 unspecified atom stereocenters. The Labute approximate surface area is 153 Å². The molecule has 134 valence electrons. The Kier molecular flexibility index (Phi) is 5.00. The largest absolute Gasteiger partial charge is 0.378 e. The summed E-state index contributed by atoms with van der Waals surface area (Å²) in [5, 5.41) is 3.46. The number of carbonyl (C=O) groups excluding carboxylic acids is 1. The molecule has 5 nitrogen and oxygen atoms in total. The molecule has 1 atom stereocenters. The van der Waals surface area contributed by atoms with Crippen molar-refractivity contribution in [2.75, 3.05) is 38.2 Å². The highest BCUT2D eigenvalue weighted by Gasteiger charge is 2.23. The fourth-order valence-electron chi connectivity index (χ4n) is 3.28. The SMILES string of the molecule is O=C(COC1C=C(c2ccccc2)Nc2ccccc21)N1CCOCC1. The maximum Gasteiger partial charge on any atom is 0.248 e. The lowest BCUT2D eigenvalue weighted by Crippen LogP contribution is -2.42. The number of para-hydroxylation sites is 1. The number of rotatable bonds is 4. The Morgan fingerprint density at radius 2 is 1.81 bits per heavy atom. The van der Waals surface area contributed by atoms with E-state index in [1.807, 2.05) is 48.5 Å². The molecule has 2 aromatic rings. The highest BCUT2D eigenvalue weighted by Crippen LogP contribution is 2.35. The van der Waals surface area contributed by atoms with Gasteiger partial charge >= 0.3 is 0 Å². The lowest BCUT2D eigenvalue weighted by atomic mass is 9.99. The van der Waals surface area contributed by atoms with Gasteiger partial charge in [-0.05, 0) is 17.7 Å². The first-order valence-corrected chi connectivity index (χ1v) is 8.91. The van der Waals surface area contributed by atoms with Crippen LogP contribution in [0, 0.1) is 0 Å². The number of hydrogen-bond acceptors (Lipinski definition) is 4. The van der Waals surface area contributed by atoms with Crippen LogP contribution >= 0.6 is 0 Å². The molecule has 1 fully saturated rings. The Morgan fingerprint density at radius 1 is 1.08 bits per heavy atom. The number of morpholine rings is 1. The van der Waals surface area contributed by atoms with Crippen LogP contribution < -0.4 is 5.32 Å². The second-order valence-corrected chi connectivity index (χ2v) is 6.38. The molecule has 0 bridgehead atoms. The van der Waals surface area contributed by atoms with E-state index in [1.54, 1.807) is 4.90 Å². The van der Waals surface area contributed by atoms with Crippen molar-refractivity contribution in [1.29, 1.82) is 0 Å². The van der Waals surface area contributed by atoms with Crippen LogP contribution in [0.5, 0.6) is 0 Å². The van der Waals surface area contributed by atoms with E-state index in [0.717, 1.165) is 22.5 Å². The molecule has 0 aliphatic carbocycles. The van der Waals surface area contributed by atoms with Crippen LogP contribution in [0.15, 0.2) is 60.7 Å². The van der Waals surface area contributed by atoms with Crippen molar-refractivity contribution in [2.24, 2.45) is 0 Å². The van der Waals surface area contributed by atoms with Crippen molar-refractivity contribution in [1.82, 2.24) is 4.90 Å². The van der Waals surface area contributed by atoms with E-state index in [-0.39, 0.29) is 18.6 Å². The standard InChI is InChI=1S/C21H22N2O3/c24-21(23-10-12-25-13-11-23)15-26-20-14-19(16-6-2-1-3-7-16)22-18-9-5-4-8-17(18)20/h1-9,14,20,22H,10-13,15H2. The predicted molar refractivity (Wildman–Crippen MR) is 101 cm³/mol. The normalized spacial score (nSPS) is 19.3. The minimum atomic E-state index is -0.257. The number of nitrogens with zero attached hydrogens (tertiary/aromatic N) is 1. The lowest BCUT2D eigenvalue weighted by molar-refractivity contribution is -0.141. The van der Waals surface area contributed by atoms with E-state index in [1.165, 1.54) is 0 Å². The summed E-state index contributed by atoms with van der Waals surface area (Å²) in [4.78, 5) is 14.2. The Balaban J connectivity index is 1.52. The summed E-state index contributed by atoms with van der Waals surface area (Å²) < 4.78 is 11.3. The van der Waals surface area contributed by atoms with E-state index >= 15 is 0 Å². The van der Waals surface area contributed by atoms with Gasteiger partial charge < -0.3 is 19.7 Å². The van der Waals surface area contributed by atoms with Gasteiger partial charge in [-0.2, -0.15) is 0 Å². The molecule has 0 radical (unpaired) electrons. The van der Waals surface area contributed by atoms with Gasteiger partial charge in [-0.1, -0.05) is 48.5 Å². The molecule has 0 aromatic heterocycles. The maximum atomic E-state index is 12.4. The van der Waals surface area contributed by atoms with Crippen LogP contribution in [-0.2, 0) is 14.3 Å². The predicted octanol–water partition coefficient (Wildman–Crippen LogP) is 3.07. The number of anilines is 1. The van der Waals surface area contributed by atoms with Crippen molar-refractivity contribution in [3.63, 3.8) is 0 Å². The monoisotopic (exact) mass is 350 g/mol. The zero-order valence-electron chi connectivity index (χ0n) is 14.6. The number of nitrogens with one attached hydrogen (secondary N) is 1. The fourth-order valence-corrected chi connectivity index (χ4v) is 3.28. The summed E-state index contributed by atoms with van der Waals surface area (Å²) in [5.74, 6) is 0.0129. The molecular formula is C21H22N2O3. The summed E-state index contributed by atoms with van der Waals surface area (Å²) in [6.07, 6.45) is 1.79. The molecule has 26 heavy (non-hydrogen) atoms. The topological polar surface area (TPSA) is 50.8 Å². The average Bonchev–Trinajstić information content (AvgIpc) is 2.73. The van der Waals surface area contributed by atoms with E-state index < -0.39 is 0 Å². The van der Waals surface area contributed by atoms with Crippen LogP contribution in [-0.4, -0.2) is 43.7 Å². The summed E-state index contributed by atoms with van der Waals surface area (Å²) in [5.41, 5.74) is 4.14. The molecular weight excluding hydrogens is 328 g/mol. The van der Waals surface area contributed by atoms with Gasteiger partial charge in [0.05, 0.1) is 13.2 Å². The summed E-state index contributed by atoms with van der Waals surface area (Å²) in [6, 6.07) is 18.2. The molecule has 0 spiro atoms. The molecule has 2 aliphatic rings. The third kappa shape index (κ3) is 3.64. The second kappa shape index (κ2) is 7.72. The highest BCUT2D eigenvalue weighted by molar-refractivity contribution is 5.82. The molecule has 1 saturated heterocycles. The number of carbonyl (C=O) groups is 1. The number of ether oxygens (including phenoxy) is 2. The summed E-state index contributed by atoms with van der Waals surface area (Å²) in [6.45, 7) is 2.53. The van der Waals surface area contributed by atoms with E-state index in [0.29, 0.717) is 26.3 Å². The molecule has 2 aliphatic heterocycles. The van der Waals surface area contributed by atoms with Crippen molar-refractivity contribution >= 4 is 17.3 Å². The van der Waals surface area contributed by atoms with E-state index in [9.17, 15) is 4.79 Å². The molecule has 5 heteroatoms. The van der Waals surface area contributed by atoms with Gasteiger partial charge in [-0.15, -0.1) is 0 Å². The first kappa shape index (κ1) is 16.8. The van der Waals surface area contributed by atoms with Gasteiger partial charge in [0.15, 0.2) is 0 Å². The van der Waals surface area contributed by atoms with Gasteiger partial charge in [0.1, 0.15) is 12.7 Å². The molecule has 2 heterocycles. The van der Waals surface area contributed by atoms with Gasteiger partial charge in [0, 0.05) is 30.0 Å². The zero-order chi connectivity index (χ0) is 17.8. The Hall–Kier alpha value is -2.63. The smallest absolute Gasteiger partial charge is 0.248 e. The van der Waals surface area contributed by atoms with Gasteiger partial charge in [0.2, 0.25) is 5.91 Å². The van der Waals surface area contributed by atoms with Gasteiger partial charge in [0.25, 0.3) is 0 Å². The number of fused-ring (bicyclic) bond motifs is 1. The molecule has 2 aromatic carbocycles. The number of benzene rings is 2. The van der Waals surface area contributed by atoms with Crippen LogP contribution in [0.2, 0.25) is 0 Å². The van der Waals surface area contributed by atoms with Gasteiger partial charge in [-0.25, -0.2) is 0 Å². The summed E-state index contributed by atoms with van der Waals surface area (Å²) in [7, 11) is 0. The summed E-state index contributed by atoms with van der Waals surface area (Å²) >= 11 is 0. The first-order valence-electron chi connectivity index (χ1n) is 8.91. The lowest BCUT2D eigenvalue weighted by Gasteiger charge is -2.29. The van der Waals surface area contributed by atoms with Crippen molar-refractivity contribution in [3.05, 3.63) is 71.8 Å². The van der Waals surface area contributed by atoms with Gasteiger partial charge in [-0.3, -0.25) is 4.79 Å². The number of amides is 1. The quantitative estimate of drug-likeness (QED) is 0.921. The third-order valence-corrected chi connectivity index (χ3v) is 4.69. The van der Waals surface area contributed by atoms with Crippen molar-refractivity contribution in [2.45, 2.75) is 6.10 Å². The van der Waals surface area contributed by atoms with Crippen molar-refractivity contribution < 1.29 is 14.3 Å². The van der Waals surface area contributed by atoms with E-state index in [2.05, 4.69) is 17.4 Å². The van der Waals surface area contributed by atoms with Crippen molar-refractivity contribution in [3.8, 4) is 0 Å². The molecule has 0 saturated carbocycles. The first-order chi connectivity index (χ1) is 12.8. The molecule has 1 amide bonds. The number of hydrogen-bond donors (Lipinski definition) is 1. The van der Waals surface area contributed by atoms with Crippen LogP contribution in [0.4, 0.5) is 5.69 Å². The zero-order valence-corrected chi connectivity index (χ0v) is 14.6. The minimum Gasteiger partial charge on any atom is -0.378 e. The fraction of sp³-hybridized carbons (Fsp3) is 0.286. The maximum absolute atomic E-state index is 12.4. The molecule has 1 N–H and O–H groups in total. The average molecular weight is 350 g/mol. The second-order valence-electron chi connectivity index (χ2n) is 6.38. The van der Waals surface area contributed by atoms with E-state index in [4.69, 9.17) is 9.47 Å². The third-order valence-electron chi connectivity index (χ3n) is 4.69.